The maximum atomic E-state index is 4.47. The molecule has 1 saturated carbocycles. The Morgan fingerprint density at radius 1 is 1.13 bits per heavy atom. The Labute approximate surface area is 96.9 Å². The molecule has 0 bridgehead atoms. The first kappa shape index (κ1) is 10.9. The molecule has 15 heavy (non-hydrogen) atoms. The van der Waals surface area contributed by atoms with Gasteiger partial charge >= 0.3 is 0 Å². The molecule has 3 rings (SSSR count). The van der Waals surface area contributed by atoms with Gasteiger partial charge in [-0.15, -0.1) is 12.4 Å². The van der Waals surface area contributed by atoms with Crippen LogP contribution in [0, 0.1) is 11.8 Å². The standard InChI is InChI=1S/C12H16N2.ClH/c1-2-4-14-12(3-1)9-5-10-7-13-8-11(10)6-9;/h1-4,9-11,13H,5-8H2;1H/t9-,10-,11+;. The predicted octanol–water partition coefficient (Wildman–Crippen LogP) is 2.22. The molecule has 1 aliphatic heterocycles. The third-order valence-electron chi connectivity index (χ3n) is 3.76. The minimum atomic E-state index is 0. The van der Waals surface area contributed by atoms with Crippen LogP contribution in [0.15, 0.2) is 24.4 Å². The normalized spacial score (nSPS) is 33.5. The molecule has 1 N–H and O–H groups in total. The number of hydrogen-bond donors (Lipinski definition) is 1. The summed E-state index contributed by atoms with van der Waals surface area (Å²) >= 11 is 0. The van der Waals surface area contributed by atoms with Gasteiger partial charge in [0.2, 0.25) is 0 Å². The Kier molecular flexibility index (Phi) is 3.27. The van der Waals surface area contributed by atoms with Crippen molar-refractivity contribution in [1.82, 2.24) is 10.3 Å². The number of fused-ring (bicyclic) bond motifs is 1. The average Bonchev–Trinajstić information content (AvgIpc) is 2.78. The van der Waals surface area contributed by atoms with E-state index < -0.39 is 0 Å². The van der Waals surface area contributed by atoms with Gasteiger partial charge in [-0.25, -0.2) is 0 Å². The minimum absolute atomic E-state index is 0. The second-order valence-electron chi connectivity index (χ2n) is 4.60. The van der Waals surface area contributed by atoms with Gasteiger partial charge in [-0.1, -0.05) is 6.07 Å². The number of nitrogens with one attached hydrogen (secondary N) is 1. The molecule has 2 nitrogen and oxygen atoms in total. The molecule has 0 radical (unpaired) electrons. The molecule has 2 fully saturated rings. The summed E-state index contributed by atoms with van der Waals surface area (Å²) in [6.07, 6.45) is 4.60. The van der Waals surface area contributed by atoms with Crippen molar-refractivity contribution in [3.63, 3.8) is 0 Å². The van der Waals surface area contributed by atoms with Crippen LogP contribution in [0.2, 0.25) is 0 Å². The topological polar surface area (TPSA) is 24.9 Å². The van der Waals surface area contributed by atoms with Crippen LogP contribution >= 0.6 is 12.4 Å². The van der Waals surface area contributed by atoms with Crippen molar-refractivity contribution in [2.75, 3.05) is 13.1 Å². The van der Waals surface area contributed by atoms with Crippen LogP contribution in [0.3, 0.4) is 0 Å². The molecule has 2 aliphatic rings. The highest BCUT2D eigenvalue weighted by Gasteiger charge is 2.38. The number of halogens is 1. The number of aromatic nitrogens is 1. The smallest absolute Gasteiger partial charge is 0.0434 e. The van der Waals surface area contributed by atoms with Crippen LogP contribution in [-0.4, -0.2) is 18.1 Å². The molecule has 0 unspecified atom stereocenters. The zero-order valence-corrected chi connectivity index (χ0v) is 9.54. The van der Waals surface area contributed by atoms with Crippen molar-refractivity contribution >= 4 is 12.4 Å². The molecular weight excluding hydrogens is 208 g/mol. The third-order valence-corrected chi connectivity index (χ3v) is 3.76. The van der Waals surface area contributed by atoms with Gasteiger partial charge < -0.3 is 5.32 Å². The quantitative estimate of drug-likeness (QED) is 0.792. The molecule has 1 aromatic rings. The highest BCUT2D eigenvalue weighted by Crippen LogP contribution is 2.43. The molecule has 1 saturated heterocycles. The fourth-order valence-corrected chi connectivity index (χ4v) is 3.03. The molecule has 0 aromatic carbocycles. The summed E-state index contributed by atoms with van der Waals surface area (Å²) in [5.41, 5.74) is 1.31. The van der Waals surface area contributed by atoms with Crippen LogP contribution < -0.4 is 5.32 Å². The zero-order valence-electron chi connectivity index (χ0n) is 8.73. The summed E-state index contributed by atoms with van der Waals surface area (Å²) in [5.74, 6) is 2.57. The van der Waals surface area contributed by atoms with Crippen molar-refractivity contribution in [2.24, 2.45) is 11.8 Å². The van der Waals surface area contributed by atoms with E-state index in [0.717, 1.165) is 17.8 Å². The summed E-state index contributed by atoms with van der Waals surface area (Å²) in [6, 6.07) is 6.29. The molecule has 0 spiro atoms. The van der Waals surface area contributed by atoms with Gasteiger partial charge in [-0.3, -0.25) is 4.98 Å². The van der Waals surface area contributed by atoms with Gasteiger partial charge in [0.1, 0.15) is 0 Å². The highest BCUT2D eigenvalue weighted by molar-refractivity contribution is 5.85. The van der Waals surface area contributed by atoms with E-state index in [1.807, 2.05) is 12.3 Å². The maximum absolute atomic E-state index is 4.47. The first-order valence-corrected chi connectivity index (χ1v) is 5.55. The molecule has 1 aromatic heterocycles. The number of pyridine rings is 1. The summed E-state index contributed by atoms with van der Waals surface area (Å²) in [6.45, 7) is 2.46. The Hall–Kier alpha value is -0.600. The van der Waals surface area contributed by atoms with Crippen molar-refractivity contribution in [1.29, 1.82) is 0 Å². The summed E-state index contributed by atoms with van der Waals surface area (Å²) in [5, 5.41) is 3.48. The zero-order chi connectivity index (χ0) is 9.38. The van der Waals surface area contributed by atoms with E-state index in [0.29, 0.717) is 0 Å². The number of nitrogens with zero attached hydrogens (tertiary/aromatic N) is 1. The molecule has 1 aliphatic carbocycles. The second-order valence-corrected chi connectivity index (χ2v) is 4.60. The Bertz CT molecular complexity index is 303. The van der Waals surface area contributed by atoms with E-state index in [1.54, 1.807) is 0 Å². The Morgan fingerprint density at radius 3 is 2.47 bits per heavy atom. The van der Waals surface area contributed by atoms with E-state index >= 15 is 0 Å². The van der Waals surface area contributed by atoms with Crippen LogP contribution in [0.1, 0.15) is 24.5 Å². The second kappa shape index (κ2) is 4.50. The Balaban J connectivity index is 0.000000853. The molecule has 0 amide bonds. The molecule has 3 heteroatoms. The molecular formula is C12H17ClN2. The van der Waals surface area contributed by atoms with E-state index in [2.05, 4.69) is 22.4 Å². The van der Waals surface area contributed by atoms with Crippen molar-refractivity contribution in [2.45, 2.75) is 18.8 Å². The van der Waals surface area contributed by atoms with Gasteiger partial charge in [-0.2, -0.15) is 0 Å². The first-order valence-electron chi connectivity index (χ1n) is 5.55. The van der Waals surface area contributed by atoms with E-state index in [9.17, 15) is 0 Å². The molecule has 82 valence electrons. The van der Waals surface area contributed by atoms with Crippen LogP contribution in [0.4, 0.5) is 0 Å². The van der Waals surface area contributed by atoms with Crippen molar-refractivity contribution < 1.29 is 0 Å². The number of hydrogen-bond acceptors (Lipinski definition) is 2. The van der Waals surface area contributed by atoms with Crippen LogP contribution in [0.5, 0.6) is 0 Å². The van der Waals surface area contributed by atoms with Gasteiger partial charge in [0.15, 0.2) is 0 Å². The minimum Gasteiger partial charge on any atom is -0.316 e. The third kappa shape index (κ3) is 2.01. The summed E-state index contributed by atoms with van der Waals surface area (Å²) in [4.78, 5) is 4.47. The van der Waals surface area contributed by atoms with Gasteiger partial charge in [0, 0.05) is 17.8 Å². The van der Waals surface area contributed by atoms with E-state index in [4.69, 9.17) is 0 Å². The van der Waals surface area contributed by atoms with Crippen molar-refractivity contribution in [3.8, 4) is 0 Å². The predicted molar refractivity (Wildman–Crippen MR) is 63.3 cm³/mol. The van der Waals surface area contributed by atoms with Gasteiger partial charge in [0.25, 0.3) is 0 Å². The lowest BCUT2D eigenvalue weighted by Gasteiger charge is -2.09. The fourth-order valence-electron chi connectivity index (χ4n) is 3.03. The average molecular weight is 225 g/mol. The number of rotatable bonds is 1. The monoisotopic (exact) mass is 224 g/mol. The Morgan fingerprint density at radius 2 is 1.87 bits per heavy atom. The lowest BCUT2D eigenvalue weighted by atomic mass is 10.0. The SMILES string of the molecule is Cl.c1ccc([C@H]2C[C@H]3CNC[C@H]3C2)nc1. The fraction of sp³-hybridized carbons (Fsp3) is 0.583. The first-order chi connectivity index (χ1) is 6.93. The van der Waals surface area contributed by atoms with Gasteiger partial charge in [-0.05, 0) is 49.9 Å². The lowest BCUT2D eigenvalue weighted by molar-refractivity contribution is 0.494. The van der Waals surface area contributed by atoms with Crippen molar-refractivity contribution in [3.05, 3.63) is 30.1 Å². The summed E-state index contributed by atoms with van der Waals surface area (Å²) in [7, 11) is 0. The highest BCUT2D eigenvalue weighted by atomic mass is 35.5. The van der Waals surface area contributed by atoms with Crippen LogP contribution in [0.25, 0.3) is 0 Å². The van der Waals surface area contributed by atoms with E-state index in [1.165, 1.54) is 31.6 Å². The largest absolute Gasteiger partial charge is 0.316 e. The lowest BCUT2D eigenvalue weighted by Crippen LogP contribution is -2.11. The maximum Gasteiger partial charge on any atom is 0.0434 e. The van der Waals surface area contributed by atoms with Crippen LogP contribution in [-0.2, 0) is 0 Å². The van der Waals surface area contributed by atoms with Gasteiger partial charge in [0.05, 0.1) is 0 Å². The van der Waals surface area contributed by atoms with E-state index in [-0.39, 0.29) is 12.4 Å². The summed E-state index contributed by atoms with van der Waals surface area (Å²) < 4.78 is 0. The molecule has 2 heterocycles. The molecule has 3 atom stereocenters.